The molecular formula is C15H28N2O4. The van der Waals surface area contributed by atoms with Crippen molar-refractivity contribution in [3.8, 4) is 0 Å². The van der Waals surface area contributed by atoms with E-state index in [1.165, 1.54) is 6.42 Å². The lowest BCUT2D eigenvalue weighted by Crippen LogP contribution is -2.51. The first kappa shape index (κ1) is 17.8. The van der Waals surface area contributed by atoms with Crippen LogP contribution in [0.1, 0.15) is 46.0 Å². The number of carbonyl (C=O) groups is 2. The quantitative estimate of drug-likeness (QED) is 0.751. The Labute approximate surface area is 126 Å². The Bertz CT molecular complexity index is 343. The number of nitrogens with zero attached hydrogens (tertiary/aromatic N) is 2. The van der Waals surface area contributed by atoms with E-state index in [0.717, 1.165) is 25.7 Å². The fourth-order valence-corrected chi connectivity index (χ4v) is 2.87. The first-order valence-electron chi connectivity index (χ1n) is 7.90. The van der Waals surface area contributed by atoms with Gasteiger partial charge in [0, 0.05) is 25.7 Å². The number of rotatable bonds is 7. The smallest absolute Gasteiger partial charge is 0.320 e. The van der Waals surface area contributed by atoms with Gasteiger partial charge in [0.1, 0.15) is 0 Å². The lowest BCUT2D eigenvalue weighted by atomic mass is 9.94. The van der Waals surface area contributed by atoms with Gasteiger partial charge >= 0.3 is 12.0 Å². The molecule has 2 N–H and O–H groups in total. The number of aliphatic hydroxyl groups is 1. The Morgan fingerprint density at radius 3 is 2.33 bits per heavy atom. The van der Waals surface area contributed by atoms with Crippen LogP contribution in [0.5, 0.6) is 0 Å². The molecule has 1 atom stereocenters. The van der Waals surface area contributed by atoms with Gasteiger partial charge in [-0.3, -0.25) is 4.79 Å². The monoisotopic (exact) mass is 300 g/mol. The molecule has 0 radical (unpaired) electrons. The molecular weight excluding hydrogens is 272 g/mol. The molecule has 0 spiro atoms. The van der Waals surface area contributed by atoms with Gasteiger partial charge in [0.2, 0.25) is 0 Å². The number of urea groups is 1. The fourth-order valence-electron chi connectivity index (χ4n) is 2.87. The third kappa shape index (κ3) is 5.19. The number of carboxylic acids is 1. The highest BCUT2D eigenvalue weighted by Crippen LogP contribution is 2.23. The van der Waals surface area contributed by atoms with Crippen LogP contribution in [0.2, 0.25) is 0 Å². The minimum Gasteiger partial charge on any atom is -0.481 e. The number of hydrogen-bond acceptors (Lipinski definition) is 3. The SMILES string of the molecule is CCN(CC(C)C(=O)O)C(=O)N(CCO)C1CCCCC1. The van der Waals surface area contributed by atoms with E-state index in [4.69, 9.17) is 5.11 Å². The van der Waals surface area contributed by atoms with Gasteiger partial charge in [-0.1, -0.05) is 26.2 Å². The standard InChI is InChI=1S/C15H28N2O4/c1-3-16(11-12(2)14(19)20)15(21)17(9-10-18)13-7-5-4-6-8-13/h12-13,18H,3-11H2,1-2H3,(H,19,20). The molecule has 1 aliphatic rings. The first-order valence-corrected chi connectivity index (χ1v) is 7.90. The predicted molar refractivity (Wildman–Crippen MR) is 80.1 cm³/mol. The number of hydrogen-bond donors (Lipinski definition) is 2. The summed E-state index contributed by atoms with van der Waals surface area (Å²) in [6, 6.07) is 0.0270. The molecule has 0 bridgehead atoms. The van der Waals surface area contributed by atoms with Crippen LogP contribution < -0.4 is 0 Å². The van der Waals surface area contributed by atoms with Crippen molar-refractivity contribution >= 4 is 12.0 Å². The van der Waals surface area contributed by atoms with Crippen LogP contribution in [0.3, 0.4) is 0 Å². The molecule has 6 nitrogen and oxygen atoms in total. The van der Waals surface area contributed by atoms with Gasteiger partial charge in [0.05, 0.1) is 12.5 Å². The molecule has 0 aromatic heterocycles. The highest BCUT2D eigenvalue weighted by atomic mass is 16.4. The maximum absolute atomic E-state index is 12.7. The molecule has 0 heterocycles. The Morgan fingerprint density at radius 1 is 1.24 bits per heavy atom. The summed E-state index contributed by atoms with van der Waals surface area (Å²) < 4.78 is 0. The summed E-state index contributed by atoms with van der Waals surface area (Å²) in [6.45, 7) is 4.40. The van der Waals surface area contributed by atoms with E-state index in [-0.39, 0.29) is 25.2 Å². The summed E-state index contributed by atoms with van der Waals surface area (Å²) in [5, 5.41) is 18.2. The van der Waals surface area contributed by atoms with Crippen molar-refractivity contribution in [2.24, 2.45) is 5.92 Å². The summed E-state index contributed by atoms with van der Waals surface area (Å²) in [4.78, 5) is 27.0. The van der Waals surface area contributed by atoms with E-state index >= 15 is 0 Å². The van der Waals surface area contributed by atoms with Crippen LogP contribution in [0.4, 0.5) is 4.79 Å². The third-order valence-corrected chi connectivity index (χ3v) is 4.17. The van der Waals surface area contributed by atoms with Gasteiger partial charge < -0.3 is 20.0 Å². The molecule has 21 heavy (non-hydrogen) atoms. The second-order valence-corrected chi connectivity index (χ2v) is 5.77. The van der Waals surface area contributed by atoms with Crippen LogP contribution in [-0.2, 0) is 4.79 Å². The van der Waals surface area contributed by atoms with Crippen LogP contribution in [0.25, 0.3) is 0 Å². The fraction of sp³-hybridized carbons (Fsp3) is 0.867. The maximum Gasteiger partial charge on any atom is 0.320 e. The van der Waals surface area contributed by atoms with Crippen molar-refractivity contribution in [1.82, 2.24) is 9.80 Å². The predicted octanol–water partition coefficient (Wildman–Crippen LogP) is 1.78. The van der Waals surface area contributed by atoms with E-state index in [0.29, 0.717) is 13.1 Å². The Morgan fingerprint density at radius 2 is 1.86 bits per heavy atom. The number of aliphatic hydroxyl groups excluding tert-OH is 1. The number of amides is 2. The van der Waals surface area contributed by atoms with E-state index in [9.17, 15) is 14.7 Å². The molecule has 6 heteroatoms. The molecule has 0 aromatic carbocycles. The number of aliphatic carboxylic acids is 1. The Balaban J connectivity index is 2.73. The van der Waals surface area contributed by atoms with Crippen molar-refractivity contribution in [3.63, 3.8) is 0 Å². The lowest BCUT2D eigenvalue weighted by Gasteiger charge is -2.37. The molecule has 1 fully saturated rings. The van der Waals surface area contributed by atoms with Crippen LogP contribution in [0, 0.1) is 5.92 Å². The normalized spacial score (nSPS) is 17.3. The minimum atomic E-state index is -0.896. The summed E-state index contributed by atoms with van der Waals surface area (Å²) >= 11 is 0. The van der Waals surface area contributed by atoms with E-state index in [1.807, 2.05) is 6.92 Å². The van der Waals surface area contributed by atoms with E-state index in [2.05, 4.69) is 0 Å². The van der Waals surface area contributed by atoms with E-state index in [1.54, 1.807) is 16.7 Å². The molecule has 1 unspecified atom stereocenters. The minimum absolute atomic E-state index is 0.0612. The Hall–Kier alpha value is -1.30. The summed E-state index contributed by atoms with van der Waals surface area (Å²) in [5.41, 5.74) is 0. The second kappa shape index (κ2) is 8.87. The van der Waals surface area contributed by atoms with Crippen LogP contribution >= 0.6 is 0 Å². The third-order valence-electron chi connectivity index (χ3n) is 4.17. The molecule has 0 aliphatic heterocycles. The molecule has 0 aromatic rings. The zero-order chi connectivity index (χ0) is 15.8. The zero-order valence-electron chi connectivity index (χ0n) is 13.1. The average Bonchev–Trinajstić information content (AvgIpc) is 2.50. The van der Waals surface area contributed by atoms with Crippen LogP contribution in [-0.4, -0.2) is 64.3 Å². The average molecular weight is 300 g/mol. The van der Waals surface area contributed by atoms with Gasteiger partial charge in [0.25, 0.3) is 0 Å². The zero-order valence-corrected chi connectivity index (χ0v) is 13.1. The molecule has 1 aliphatic carbocycles. The van der Waals surface area contributed by atoms with Gasteiger partial charge in [-0.05, 0) is 19.8 Å². The topological polar surface area (TPSA) is 81.1 Å². The summed E-state index contributed by atoms with van der Waals surface area (Å²) in [7, 11) is 0. The summed E-state index contributed by atoms with van der Waals surface area (Å²) in [6.07, 6.45) is 5.36. The highest BCUT2D eigenvalue weighted by molar-refractivity contribution is 5.76. The molecule has 1 saturated carbocycles. The lowest BCUT2D eigenvalue weighted by molar-refractivity contribution is -0.141. The van der Waals surface area contributed by atoms with Crippen molar-refractivity contribution in [1.29, 1.82) is 0 Å². The number of carboxylic acid groups (broad SMARTS) is 1. The first-order chi connectivity index (χ1) is 10.0. The molecule has 122 valence electrons. The molecule has 0 saturated heterocycles. The molecule has 2 amide bonds. The largest absolute Gasteiger partial charge is 0.481 e. The maximum atomic E-state index is 12.7. The van der Waals surface area contributed by atoms with E-state index < -0.39 is 11.9 Å². The van der Waals surface area contributed by atoms with Crippen LogP contribution in [0.15, 0.2) is 0 Å². The van der Waals surface area contributed by atoms with Crippen molar-refractivity contribution in [2.45, 2.75) is 52.0 Å². The van der Waals surface area contributed by atoms with Gasteiger partial charge in [0.15, 0.2) is 0 Å². The summed E-state index contributed by atoms with van der Waals surface area (Å²) in [5.74, 6) is -1.48. The van der Waals surface area contributed by atoms with Gasteiger partial charge in [-0.25, -0.2) is 4.79 Å². The highest BCUT2D eigenvalue weighted by Gasteiger charge is 2.29. The number of carbonyl (C=O) groups excluding carboxylic acids is 1. The Kier molecular flexibility index (Phi) is 7.50. The second-order valence-electron chi connectivity index (χ2n) is 5.77. The van der Waals surface area contributed by atoms with Crippen molar-refractivity contribution in [2.75, 3.05) is 26.2 Å². The molecule has 1 rings (SSSR count). The van der Waals surface area contributed by atoms with Gasteiger partial charge in [-0.15, -0.1) is 0 Å². The van der Waals surface area contributed by atoms with Crippen molar-refractivity contribution < 1.29 is 19.8 Å². The van der Waals surface area contributed by atoms with Gasteiger partial charge in [-0.2, -0.15) is 0 Å². The van der Waals surface area contributed by atoms with Crippen molar-refractivity contribution in [3.05, 3.63) is 0 Å².